The van der Waals surface area contributed by atoms with Gasteiger partial charge < -0.3 is 14.7 Å². The lowest BCUT2D eigenvalue weighted by Crippen LogP contribution is -2.48. The lowest BCUT2D eigenvalue weighted by Gasteiger charge is -2.44. The molecule has 2 aromatic rings. The molecule has 0 saturated carbocycles. The molecule has 2 aromatic carbocycles. The maximum Gasteiger partial charge on any atom is 0.313 e. The molecule has 0 radical (unpaired) electrons. The summed E-state index contributed by atoms with van der Waals surface area (Å²) in [6, 6.07) is 13.7. The van der Waals surface area contributed by atoms with E-state index in [4.69, 9.17) is 4.74 Å². The molecule has 0 spiro atoms. The van der Waals surface area contributed by atoms with Crippen LogP contribution >= 0.6 is 0 Å². The largest absolute Gasteiger partial charge is 0.497 e. The van der Waals surface area contributed by atoms with Gasteiger partial charge in [-0.05, 0) is 42.7 Å². The Morgan fingerprint density at radius 3 is 2.42 bits per heavy atom. The van der Waals surface area contributed by atoms with Crippen molar-refractivity contribution in [2.24, 2.45) is 0 Å². The third-order valence-corrected chi connectivity index (χ3v) is 5.17. The van der Waals surface area contributed by atoms with Gasteiger partial charge in [-0.1, -0.05) is 37.3 Å². The minimum atomic E-state index is -0.931. The van der Waals surface area contributed by atoms with Gasteiger partial charge in [-0.25, -0.2) is 0 Å². The third-order valence-electron chi connectivity index (χ3n) is 5.17. The Bertz CT molecular complexity index is 815. The van der Waals surface area contributed by atoms with Crippen molar-refractivity contribution < 1.29 is 19.4 Å². The molecule has 26 heavy (non-hydrogen) atoms. The van der Waals surface area contributed by atoms with Gasteiger partial charge in [-0.15, -0.1) is 0 Å². The first-order valence-corrected chi connectivity index (χ1v) is 8.78. The summed E-state index contributed by atoms with van der Waals surface area (Å²) in [7, 11) is 1.58. The highest BCUT2D eigenvalue weighted by molar-refractivity contribution is 6.00. The molecule has 1 N–H and O–H groups in total. The summed E-state index contributed by atoms with van der Waals surface area (Å²) >= 11 is 0. The fourth-order valence-corrected chi connectivity index (χ4v) is 3.65. The van der Waals surface area contributed by atoms with E-state index in [0.29, 0.717) is 16.9 Å². The molecule has 5 nitrogen and oxygen atoms in total. The first-order valence-electron chi connectivity index (χ1n) is 8.78. The van der Waals surface area contributed by atoms with Gasteiger partial charge in [0.25, 0.3) is 5.91 Å². The van der Waals surface area contributed by atoms with Crippen molar-refractivity contribution in [2.45, 2.75) is 38.3 Å². The molecule has 0 saturated heterocycles. The van der Waals surface area contributed by atoms with E-state index in [9.17, 15) is 14.7 Å². The van der Waals surface area contributed by atoms with Gasteiger partial charge in [0.2, 0.25) is 0 Å². The Hall–Kier alpha value is -2.82. The van der Waals surface area contributed by atoms with Crippen LogP contribution in [0, 0.1) is 0 Å². The number of carboxylic acid groups (broad SMARTS) is 1. The van der Waals surface area contributed by atoms with Crippen molar-refractivity contribution in [2.75, 3.05) is 7.11 Å². The number of carboxylic acids is 1. The van der Waals surface area contributed by atoms with Crippen molar-refractivity contribution in [3.8, 4) is 5.75 Å². The smallest absolute Gasteiger partial charge is 0.313 e. The van der Waals surface area contributed by atoms with Gasteiger partial charge in [0.05, 0.1) is 13.2 Å². The zero-order valence-electron chi connectivity index (χ0n) is 15.2. The third kappa shape index (κ3) is 2.94. The van der Waals surface area contributed by atoms with E-state index in [1.807, 2.05) is 26.0 Å². The number of hydrogen-bond donors (Lipinski definition) is 1. The van der Waals surface area contributed by atoms with Gasteiger partial charge >= 0.3 is 5.97 Å². The summed E-state index contributed by atoms with van der Waals surface area (Å²) in [4.78, 5) is 27.1. The van der Waals surface area contributed by atoms with Gasteiger partial charge in [-0.3, -0.25) is 9.59 Å². The summed E-state index contributed by atoms with van der Waals surface area (Å²) < 4.78 is 5.21. The topological polar surface area (TPSA) is 66.8 Å². The number of aliphatic carboxylic acids is 1. The number of amides is 1. The minimum absolute atomic E-state index is 0.0789. The Morgan fingerprint density at radius 1 is 1.19 bits per heavy atom. The van der Waals surface area contributed by atoms with E-state index in [2.05, 4.69) is 0 Å². The fraction of sp³-hybridized carbons (Fsp3) is 0.333. The van der Waals surface area contributed by atoms with Gasteiger partial charge in [0.15, 0.2) is 0 Å². The number of ether oxygens (including phenoxy) is 1. The number of carbonyl (C=O) groups excluding carboxylic acids is 1. The first kappa shape index (κ1) is 18.0. The van der Waals surface area contributed by atoms with Crippen LogP contribution in [0.4, 0.5) is 0 Å². The summed E-state index contributed by atoms with van der Waals surface area (Å²) in [5.74, 6) is -1.17. The number of hydrogen-bond acceptors (Lipinski definition) is 3. The van der Waals surface area contributed by atoms with Gasteiger partial charge in [0.1, 0.15) is 11.7 Å². The highest BCUT2D eigenvalue weighted by Gasteiger charge is 2.45. The van der Waals surface area contributed by atoms with E-state index >= 15 is 0 Å². The Kier molecular flexibility index (Phi) is 4.98. The summed E-state index contributed by atoms with van der Waals surface area (Å²) in [5.41, 5.74) is 1.84. The fourth-order valence-electron chi connectivity index (χ4n) is 3.65. The average molecular weight is 353 g/mol. The Morgan fingerprint density at radius 2 is 1.85 bits per heavy atom. The molecular formula is C21H23NO4. The second-order valence-corrected chi connectivity index (χ2v) is 6.59. The molecule has 1 heterocycles. The van der Waals surface area contributed by atoms with E-state index in [0.717, 1.165) is 12.0 Å². The summed E-state index contributed by atoms with van der Waals surface area (Å²) in [6.45, 7) is 3.96. The molecule has 0 aromatic heterocycles. The predicted molar refractivity (Wildman–Crippen MR) is 98.5 cm³/mol. The average Bonchev–Trinajstić information content (AvgIpc) is 2.67. The molecule has 0 fully saturated rings. The Balaban J connectivity index is 2.21. The van der Waals surface area contributed by atoms with Crippen LogP contribution in [-0.4, -0.2) is 35.0 Å². The van der Waals surface area contributed by atoms with Crippen molar-refractivity contribution >= 4 is 11.9 Å². The highest BCUT2D eigenvalue weighted by Crippen LogP contribution is 2.44. The molecule has 1 aliphatic rings. The zero-order chi connectivity index (χ0) is 18.8. The lowest BCUT2D eigenvalue weighted by atomic mass is 9.79. The first-order chi connectivity index (χ1) is 12.5. The maximum absolute atomic E-state index is 13.2. The van der Waals surface area contributed by atoms with Crippen molar-refractivity contribution in [1.82, 2.24) is 4.90 Å². The second-order valence-electron chi connectivity index (χ2n) is 6.59. The van der Waals surface area contributed by atoms with Gasteiger partial charge in [0, 0.05) is 11.6 Å². The van der Waals surface area contributed by atoms with Gasteiger partial charge in [-0.2, -0.15) is 0 Å². The molecule has 0 aliphatic carbocycles. The zero-order valence-corrected chi connectivity index (χ0v) is 15.2. The number of benzene rings is 2. The molecule has 136 valence electrons. The van der Waals surface area contributed by atoms with E-state index in [1.165, 1.54) is 0 Å². The number of carbonyl (C=O) groups is 2. The number of fused-ring (bicyclic) bond motifs is 1. The van der Waals surface area contributed by atoms with Crippen LogP contribution in [0.25, 0.3) is 0 Å². The molecule has 1 aliphatic heterocycles. The van der Waals surface area contributed by atoms with Crippen LogP contribution in [0.15, 0.2) is 48.5 Å². The second kappa shape index (κ2) is 7.20. The number of methoxy groups -OCH3 is 1. The summed E-state index contributed by atoms with van der Waals surface area (Å²) in [5, 5.41) is 10.0. The predicted octanol–water partition coefficient (Wildman–Crippen LogP) is 3.86. The summed E-state index contributed by atoms with van der Waals surface area (Å²) in [6.07, 6.45) is 0.743. The SMILES string of the molecule is CCC(C)N1C(=O)c2ccccc2C(C(=O)O)C1c1ccc(OC)cc1. The maximum atomic E-state index is 13.2. The normalized spacial score (nSPS) is 20.4. The monoisotopic (exact) mass is 353 g/mol. The van der Waals surface area contributed by atoms with Crippen LogP contribution < -0.4 is 4.74 Å². The van der Waals surface area contributed by atoms with E-state index in [-0.39, 0.29) is 11.9 Å². The number of rotatable bonds is 5. The molecule has 5 heteroatoms. The minimum Gasteiger partial charge on any atom is -0.497 e. The molecule has 1 amide bonds. The number of nitrogens with zero attached hydrogens (tertiary/aromatic N) is 1. The van der Waals surface area contributed by atoms with E-state index < -0.39 is 17.9 Å². The van der Waals surface area contributed by atoms with Crippen LogP contribution in [0.2, 0.25) is 0 Å². The molecule has 3 rings (SSSR count). The lowest BCUT2D eigenvalue weighted by molar-refractivity contribution is -0.140. The van der Waals surface area contributed by atoms with Crippen molar-refractivity contribution in [1.29, 1.82) is 0 Å². The molecule has 3 atom stereocenters. The van der Waals surface area contributed by atoms with Crippen LogP contribution in [0.1, 0.15) is 53.7 Å². The van der Waals surface area contributed by atoms with Crippen LogP contribution in [0.5, 0.6) is 5.75 Å². The standard InChI is InChI=1S/C21H23NO4/c1-4-13(2)22-19(14-9-11-15(26-3)12-10-14)18(21(24)25)16-7-5-6-8-17(16)20(22)23/h5-13,18-19H,4H2,1-3H3,(H,24,25). The van der Waals surface area contributed by atoms with Crippen LogP contribution in [0.3, 0.4) is 0 Å². The molecule has 0 bridgehead atoms. The van der Waals surface area contributed by atoms with Crippen LogP contribution in [-0.2, 0) is 4.79 Å². The van der Waals surface area contributed by atoms with Crippen molar-refractivity contribution in [3.05, 3.63) is 65.2 Å². The highest BCUT2D eigenvalue weighted by atomic mass is 16.5. The quantitative estimate of drug-likeness (QED) is 0.886. The molecule has 3 unspecified atom stereocenters. The Labute approximate surface area is 153 Å². The molecular weight excluding hydrogens is 330 g/mol. The van der Waals surface area contributed by atoms with E-state index in [1.54, 1.807) is 48.4 Å². The van der Waals surface area contributed by atoms with Crippen molar-refractivity contribution in [3.63, 3.8) is 0 Å².